The van der Waals surface area contributed by atoms with Gasteiger partial charge in [-0.05, 0) is 29.3 Å². The molecule has 3 aromatic carbocycles. The van der Waals surface area contributed by atoms with Gasteiger partial charge in [0.25, 0.3) is 0 Å². The van der Waals surface area contributed by atoms with Crippen molar-refractivity contribution in [2.45, 2.75) is 37.0 Å². The Kier molecular flexibility index (Phi) is 8.51. The van der Waals surface area contributed by atoms with Gasteiger partial charge in [-0.1, -0.05) is 60.7 Å². The van der Waals surface area contributed by atoms with Crippen LogP contribution in [0.5, 0.6) is 5.75 Å². The maximum absolute atomic E-state index is 14.3. The molecular weight excluding hydrogens is 526 g/mol. The highest BCUT2D eigenvalue weighted by atomic mass is 32.2. The van der Waals surface area contributed by atoms with Gasteiger partial charge in [-0.3, -0.25) is 4.79 Å². The van der Waals surface area contributed by atoms with Crippen molar-refractivity contribution < 1.29 is 26.4 Å². The largest absolute Gasteiger partial charge is 0.495 e. The van der Waals surface area contributed by atoms with E-state index >= 15 is 0 Å². The van der Waals surface area contributed by atoms with Gasteiger partial charge in [-0.15, -0.1) is 0 Å². The molecule has 2 atom stereocenters. The summed E-state index contributed by atoms with van der Waals surface area (Å²) in [5.74, 6) is -0.772. The fraction of sp³-hybridized carbons (Fsp3) is 0.296. The number of hydrogen-bond acceptors (Lipinski definition) is 7. The zero-order chi connectivity index (χ0) is 27.3. The summed E-state index contributed by atoms with van der Waals surface area (Å²) >= 11 is 0. The molecule has 0 spiro atoms. The third kappa shape index (κ3) is 6.60. The number of nitrogens with zero attached hydrogens (tertiary/aromatic N) is 1. The molecule has 0 saturated carbocycles. The zero-order valence-electron chi connectivity index (χ0n) is 21.2. The molecule has 1 aliphatic rings. The first-order valence-electron chi connectivity index (χ1n) is 12.1. The van der Waals surface area contributed by atoms with E-state index in [0.29, 0.717) is 12.1 Å². The molecule has 202 valence electrons. The quantitative estimate of drug-likeness (QED) is 0.393. The molecule has 3 aromatic rings. The lowest BCUT2D eigenvalue weighted by Crippen LogP contribution is -2.51. The lowest BCUT2D eigenvalue weighted by Gasteiger charge is -2.32. The first kappa shape index (κ1) is 27.8. The van der Waals surface area contributed by atoms with E-state index in [-0.39, 0.29) is 40.3 Å². The standard InChI is InChI=1S/C27H31N3O6S2/c1-20(31)29-23-13-14-26(36-2)27(15-23)38(34,35)30(17-22-11-7-4-8-12-22)25-19-37(32,33)18-24(25)28-16-21-9-5-3-6-10-21/h3-15,24-25,28H,16-19H2,1-2H3,(H,29,31)/t24-,25+/m0/s1. The maximum Gasteiger partial charge on any atom is 0.247 e. The molecule has 1 heterocycles. The lowest BCUT2D eigenvalue weighted by atomic mass is 10.1. The highest BCUT2D eigenvalue weighted by molar-refractivity contribution is 7.92. The highest BCUT2D eigenvalue weighted by Crippen LogP contribution is 2.34. The van der Waals surface area contributed by atoms with Crippen LogP contribution in [0.2, 0.25) is 0 Å². The second kappa shape index (κ2) is 11.6. The molecule has 0 unspecified atom stereocenters. The summed E-state index contributed by atoms with van der Waals surface area (Å²) in [7, 11) is -6.46. The molecule has 0 aromatic heterocycles. The van der Waals surface area contributed by atoms with E-state index in [4.69, 9.17) is 4.74 Å². The number of sulfonamides is 1. The molecule has 0 bridgehead atoms. The third-order valence-corrected chi connectivity index (χ3v) is 9.96. The second-order valence-corrected chi connectivity index (χ2v) is 13.2. The lowest BCUT2D eigenvalue weighted by molar-refractivity contribution is -0.114. The molecule has 1 amide bonds. The summed E-state index contributed by atoms with van der Waals surface area (Å²) in [6.07, 6.45) is 0. The van der Waals surface area contributed by atoms with Crippen LogP contribution in [-0.4, -0.2) is 57.7 Å². The summed E-state index contributed by atoms with van der Waals surface area (Å²) < 4.78 is 60.9. The van der Waals surface area contributed by atoms with Crippen LogP contribution in [0.1, 0.15) is 18.1 Å². The van der Waals surface area contributed by atoms with Gasteiger partial charge in [0.2, 0.25) is 15.9 Å². The molecule has 11 heteroatoms. The summed E-state index contributed by atoms with van der Waals surface area (Å²) in [5, 5.41) is 5.89. The Morgan fingerprint density at radius 1 is 0.974 bits per heavy atom. The first-order valence-corrected chi connectivity index (χ1v) is 15.3. The first-order chi connectivity index (χ1) is 18.1. The van der Waals surface area contributed by atoms with Gasteiger partial charge >= 0.3 is 0 Å². The average molecular weight is 558 g/mol. The van der Waals surface area contributed by atoms with Crippen LogP contribution in [0, 0.1) is 0 Å². The molecule has 9 nitrogen and oxygen atoms in total. The second-order valence-electron chi connectivity index (χ2n) is 9.20. The van der Waals surface area contributed by atoms with Crippen molar-refractivity contribution in [1.29, 1.82) is 0 Å². The Balaban J connectivity index is 1.77. The van der Waals surface area contributed by atoms with Gasteiger partial charge in [0.1, 0.15) is 10.6 Å². The molecule has 4 rings (SSSR count). The topological polar surface area (TPSA) is 122 Å². The predicted octanol–water partition coefficient (Wildman–Crippen LogP) is 2.80. The summed E-state index contributed by atoms with van der Waals surface area (Å²) in [6.45, 7) is 1.67. The number of methoxy groups -OCH3 is 1. The third-order valence-electron chi connectivity index (χ3n) is 6.36. The minimum absolute atomic E-state index is 0.0413. The minimum atomic E-state index is -4.30. The van der Waals surface area contributed by atoms with Crippen LogP contribution in [0.4, 0.5) is 5.69 Å². The Morgan fingerprint density at radius 3 is 2.21 bits per heavy atom. The number of hydrogen-bond donors (Lipinski definition) is 2. The average Bonchev–Trinajstić information content (AvgIpc) is 3.20. The summed E-state index contributed by atoms with van der Waals surface area (Å²) in [6, 6.07) is 21.4. The highest BCUT2D eigenvalue weighted by Gasteiger charge is 2.46. The Labute approximate surface area is 223 Å². The van der Waals surface area contributed by atoms with Crippen molar-refractivity contribution in [3.63, 3.8) is 0 Å². The smallest absolute Gasteiger partial charge is 0.247 e. The molecule has 0 aliphatic carbocycles. The van der Waals surface area contributed by atoms with E-state index in [1.165, 1.54) is 30.5 Å². The van der Waals surface area contributed by atoms with Crippen molar-refractivity contribution >= 4 is 31.5 Å². The van der Waals surface area contributed by atoms with Gasteiger partial charge < -0.3 is 15.4 Å². The minimum Gasteiger partial charge on any atom is -0.495 e. The molecule has 0 radical (unpaired) electrons. The van der Waals surface area contributed by atoms with E-state index in [9.17, 15) is 21.6 Å². The Morgan fingerprint density at radius 2 is 1.61 bits per heavy atom. The number of anilines is 1. The maximum atomic E-state index is 14.3. The van der Waals surface area contributed by atoms with E-state index < -0.39 is 31.9 Å². The normalized spacial score (nSPS) is 18.8. The monoisotopic (exact) mass is 557 g/mol. The number of benzene rings is 3. The van der Waals surface area contributed by atoms with Crippen LogP contribution < -0.4 is 15.4 Å². The van der Waals surface area contributed by atoms with Crippen molar-refractivity contribution in [2.75, 3.05) is 23.9 Å². The number of ether oxygens (including phenoxy) is 1. The van der Waals surface area contributed by atoms with Gasteiger partial charge in [0, 0.05) is 31.7 Å². The van der Waals surface area contributed by atoms with Crippen LogP contribution in [0.15, 0.2) is 83.8 Å². The molecule has 38 heavy (non-hydrogen) atoms. The molecule has 2 N–H and O–H groups in total. The van der Waals surface area contributed by atoms with Crippen LogP contribution in [0.25, 0.3) is 0 Å². The van der Waals surface area contributed by atoms with Gasteiger partial charge in [0.05, 0.1) is 24.7 Å². The van der Waals surface area contributed by atoms with Crippen LogP contribution in [-0.2, 0) is 37.7 Å². The van der Waals surface area contributed by atoms with Crippen molar-refractivity contribution in [2.24, 2.45) is 0 Å². The van der Waals surface area contributed by atoms with Gasteiger partial charge in [-0.25, -0.2) is 16.8 Å². The van der Waals surface area contributed by atoms with Gasteiger partial charge in [-0.2, -0.15) is 4.31 Å². The number of sulfone groups is 1. The van der Waals surface area contributed by atoms with E-state index in [1.807, 2.05) is 36.4 Å². The number of amides is 1. The Bertz CT molecular complexity index is 1480. The Hall–Kier alpha value is -3.25. The van der Waals surface area contributed by atoms with Crippen LogP contribution >= 0.6 is 0 Å². The van der Waals surface area contributed by atoms with E-state index in [1.54, 1.807) is 30.3 Å². The van der Waals surface area contributed by atoms with E-state index in [2.05, 4.69) is 10.6 Å². The fourth-order valence-corrected chi connectivity index (χ4v) is 8.46. The number of rotatable bonds is 10. The number of carbonyl (C=O) groups excluding carboxylic acids is 1. The van der Waals surface area contributed by atoms with E-state index in [0.717, 1.165) is 5.56 Å². The zero-order valence-corrected chi connectivity index (χ0v) is 22.8. The number of carbonyl (C=O) groups is 1. The van der Waals surface area contributed by atoms with Crippen LogP contribution in [0.3, 0.4) is 0 Å². The molecule has 1 saturated heterocycles. The number of nitrogens with one attached hydrogen (secondary N) is 2. The summed E-state index contributed by atoms with van der Waals surface area (Å²) in [5.41, 5.74) is 1.95. The molecular formula is C27H31N3O6S2. The fourth-order valence-electron chi connectivity index (χ4n) is 4.58. The summed E-state index contributed by atoms with van der Waals surface area (Å²) in [4.78, 5) is 11.5. The predicted molar refractivity (Wildman–Crippen MR) is 146 cm³/mol. The van der Waals surface area contributed by atoms with Crippen molar-refractivity contribution in [1.82, 2.24) is 9.62 Å². The van der Waals surface area contributed by atoms with Crippen molar-refractivity contribution in [3.05, 3.63) is 90.0 Å². The molecule has 1 aliphatic heterocycles. The van der Waals surface area contributed by atoms with Crippen molar-refractivity contribution in [3.8, 4) is 5.75 Å². The van der Waals surface area contributed by atoms with Gasteiger partial charge in [0.15, 0.2) is 9.84 Å². The SMILES string of the molecule is COc1ccc(NC(C)=O)cc1S(=O)(=O)N(Cc1ccccc1)[C@@H]1CS(=O)(=O)C[C@@H]1NCc1ccccc1. The molecule has 1 fully saturated rings.